The van der Waals surface area contributed by atoms with Crippen LogP contribution in [0.3, 0.4) is 0 Å². The molecule has 114 valence electrons. The van der Waals surface area contributed by atoms with Crippen LogP contribution >= 0.6 is 0 Å². The zero-order valence-corrected chi connectivity index (χ0v) is 13.2. The smallest absolute Gasteiger partial charge is 0.0669 e. The second-order valence-electron chi connectivity index (χ2n) is 5.51. The Kier molecular flexibility index (Phi) is 6.05. The molecule has 1 aliphatic rings. The van der Waals surface area contributed by atoms with E-state index in [-0.39, 0.29) is 0 Å². The Hall–Kier alpha value is -0.870. The summed E-state index contributed by atoms with van der Waals surface area (Å²) in [5, 5.41) is 8.45. The van der Waals surface area contributed by atoms with Crippen LogP contribution in [-0.2, 0) is 30.7 Å². The molecule has 0 saturated heterocycles. The Morgan fingerprint density at radius 2 is 2.05 bits per heavy atom. The first-order chi connectivity index (χ1) is 9.80. The standard InChI is InChI=1S/C16H29N3O/c1-4-15-14(12-17-13-8-9-13)16(5-2)19(18-15)10-7-11-20-6-3/h13,17H,4-12H2,1-3H3. The fraction of sp³-hybridized carbons (Fsp3) is 0.812. The molecule has 0 aromatic carbocycles. The average molecular weight is 279 g/mol. The average Bonchev–Trinajstić information content (AvgIpc) is 3.23. The molecule has 20 heavy (non-hydrogen) atoms. The lowest BCUT2D eigenvalue weighted by atomic mass is 10.1. The molecule has 1 aromatic rings. The summed E-state index contributed by atoms with van der Waals surface area (Å²) < 4.78 is 7.64. The molecule has 0 radical (unpaired) electrons. The third kappa shape index (κ3) is 4.06. The molecule has 0 amide bonds. The van der Waals surface area contributed by atoms with E-state index in [0.29, 0.717) is 0 Å². The van der Waals surface area contributed by atoms with Crippen molar-refractivity contribution in [1.29, 1.82) is 0 Å². The quantitative estimate of drug-likeness (QED) is 0.669. The zero-order chi connectivity index (χ0) is 14.4. The molecule has 2 rings (SSSR count). The number of rotatable bonds is 10. The van der Waals surface area contributed by atoms with E-state index in [1.165, 1.54) is 29.8 Å². The molecular weight excluding hydrogens is 250 g/mol. The molecule has 1 aliphatic carbocycles. The van der Waals surface area contributed by atoms with Crippen molar-refractivity contribution in [1.82, 2.24) is 15.1 Å². The van der Waals surface area contributed by atoms with Crippen molar-refractivity contribution in [3.8, 4) is 0 Å². The summed E-state index contributed by atoms with van der Waals surface area (Å²) in [5.74, 6) is 0. The molecule has 0 bridgehead atoms. The zero-order valence-electron chi connectivity index (χ0n) is 13.2. The molecule has 0 spiro atoms. The topological polar surface area (TPSA) is 39.1 Å². The monoisotopic (exact) mass is 279 g/mol. The van der Waals surface area contributed by atoms with Crippen LogP contribution in [0.1, 0.15) is 57.0 Å². The second-order valence-corrected chi connectivity index (χ2v) is 5.51. The van der Waals surface area contributed by atoms with E-state index in [0.717, 1.165) is 51.6 Å². The van der Waals surface area contributed by atoms with Gasteiger partial charge in [0.05, 0.1) is 5.69 Å². The Labute approximate surface area is 122 Å². The maximum Gasteiger partial charge on any atom is 0.0669 e. The highest BCUT2D eigenvalue weighted by molar-refractivity contribution is 5.27. The van der Waals surface area contributed by atoms with Crippen LogP contribution in [0.4, 0.5) is 0 Å². The third-order valence-electron chi connectivity index (χ3n) is 3.93. The van der Waals surface area contributed by atoms with Gasteiger partial charge in [0.1, 0.15) is 0 Å². The summed E-state index contributed by atoms with van der Waals surface area (Å²) in [6.45, 7) is 10.1. The van der Waals surface area contributed by atoms with E-state index in [4.69, 9.17) is 9.84 Å². The molecule has 0 aliphatic heterocycles. The Balaban J connectivity index is 2.01. The van der Waals surface area contributed by atoms with Crippen molar-refractivity contribution < 1.29 is 4.74 Å². The predicted octanol–water partition coefficient (Wildman–Crippen LogP) is 2.69. The van der Waals surface area contributed by atoms with Gasteiger partial charge in [-0.15, -0.1) is 0 Å². The summed E-state index contributed by atoms with van der Waals surface area (Å²) in [5.41, 5.74) is 4.12. The van der Waals surface area contributed by atoms with Crippen molar-refractivity contribution in [3.05, 3.63) is 17.0 Å². The largest absolute Gasteiger partial charge is 0.382 e. The third-order valence-corrected chi connectivity index (χ3v) is 3.93. The highest BCUT2D eigenvalue weighted by Gasteiger charge is 2.22. The van der Waals surface area contributed by atoms with Gasteiger partial charge in [0.2, 0.25) is 0 Å². The van der Waals surface area contributed by atoms with E-state index in [2.05, 4.69) is 23.8 Å². The van der Waals surface area contributed by atoms with Gasteiger partial charge < -0.3 is 10.1 Å². The van der Waals surface area contributed by atoms with Crippen LogP contribution in [0, 0.1) is 0 Å². The van der Waals surface area contributed by atoms with Gasteiger partial charge in [-0.25, -0.2) is 0 Å². The number of hydrogen-bond donors (Lipinski definition) is 1. The van der Waals surface area contributed by atoms with Crippen LogP contribution in [0.15, 0.2) is 0 Å². The second kappa shape index (κ2) is 7.79. The summed E-state index contributed by atoms with van der Waals surface area (Å²) >= 11 is 0. The minimum absolute atomic E-state index is 0.755. The first-order valence-electron chi connectivity index (χ1n) is 8.18. The van der Waals surface area contributed by atoms with Gasteiger partial charge in [-0.2, -0.15) is 5.10 Å². The van der Waals surface area contributed by atoms with Gasteiger partial charge in [0.15, 0.2) is 0 Å². The summed E-state index contributed by atoms with van der Waals surface area (Å²) in [6, 6.07) is 0.755. The van der Waals surface area contributed by atoms with E-state index >= 15 is 0 Å². The number of nitrogens with one attached hydrogen (secondary N) is 1. The van der Waals surface area contributed by atoms with Crippen LogP contribution in [0.5, 0.6) is 0 Å². The highest BCUT2D eigenvalue weighted by Crippen LogP contribution is 2.22. The molecule has 1 fully saturated rings. The first-order valence-corrected chi connectivity index (χ1v) is 8.18. The summed E-state index contributed by atoms with van der Waals surface area (Å²) in [7, 11) is 0. The molecule has 1 saturated carbocycles. The fourth-order valence-electron chi connectivity index (χ4n) is 2.65. The lowest BCUT2D eigenvalue weighted by molar-refractivity contribution is 0.140. The maximum absolute atomic E-state index is 5.43. The molecular formula is C16H29N3O. The number of ether oxygens (including phenoxy) is 1. The van der Waals surface area contributed by atoms with Gasteiger partial charge >= 0.3 is 0 Å². The summed E-state index contributed by atoms with van der Waals surface area (Å²) in [6.07, 6.45) is 5.80. The van der Waals surface area contributed by atoms with Gasteiger partial charge in [-0.3, -0.25) is 4.68 Å². The van der Waals surface area contributed by atoms with Crippen molar-refractivity contribution in [2.24, 2.45) is 0 Å². The molecule has 4 heteroatoms. The normalized spacial score (nSPS) is 14.9. The minimum atomic E-state index is 0.755. The number of hydrogen-bond acceptors (Lipinski definition) is 3. The first kappa shape index (κ1) is 15.5. The number of aryl methyl sites for hydroxylation is 2. The van der Waals surface area contributed by atoms with Gasteiger partial charge in [0.25, 0.3) is 0 Å². The van der Waals surface area contributed by atoms with Crippen molar-refractivity contribution in [3.63, 3.8) is 0 Å². The predicted molar refractivity (Wildman–Crippen MR) is 82.0 cm³/mol. The Morgan fingerprint density at radius 1 is 1.25 bits per heavy atom. The van der Waals surface area contributed by atoms with Crippen molar-refractivity contribution in [2.75, 3.05) is 13.2 Å². The van der Waals surface area contributed by atoms with Gasteiger partial charge in [-0.1, -0.05) is 13.8 Å². The lowest BCUT2D eigenvalue weighted by Gasteiger charge is -2.09. The van der Waals surface area contributed by atoms with E-state index in [1.807, 2.05) is 6.92 Å². The molecule has 0 unspecified atom stereocenters. The lowest BCUT2D eigenvalue weighted by Crippen LogP contribution is -2.17. The SMILES string of the molecule is CCOCCCn1nc(CC)c(CNC2CC2)c1CC. The molecule has 1 aromatic heterocycles. The van der Waals surface area contributed by atoms with E-state index < -0.39 is 0 Å². The van der Waals surface area contributed by atoms with Crippen LogP contribution in [0.25, 0.3) is 0 Å². The molecule has 0 atom stereocenters. The number of aromatic nitrogens is 2. The Morgan fingerprint density at radius 3 is 2.65 bits per heavy atom. The fourth-order valence-corrected chi connectivity index (χ4v) is 2.65. The van der Waals surface area contributed by atoms with Crippen molar-refractivity contribution in [2.45, 2.75) is 72.0 Å². The van der Waals surface area contributed by atoms with Crippen LogP contribution < -0.4 is 5.32 Å². The minimum Gasteiger partial charge on any atom is -0.382 e. The van der Waals surface area contributed by atoms with E-state index in [1.54, 1.807) is 0 Å². The van der Waals surface area contributed by atoms with Crippen molar-refractivity contribution >= 4 is 0 Å². The maximum atomic E-state index is 5.43. The van der Waals surface area contributed by atoms with Crippen LogP contribution in [0.2, 0.25) is 0 Å². The molecule has 4 nitrogen and oxygen atoms in total. The van der Waals surface area contributed by atoms with Crippen LogP contribution in [-0.4, -0.2) is 29.0 Å². The van der Waals surface area contributed by atoms with Gasteiger partial charge in [0, 0.05) is 43.6 Å². The molecule has 1 N–H and O–H groups in total. The van der Waals surface area contributed by atoms with Gasteiger partial charge in [-0.05, 0) is 39.0 Å². The highest BCUT2D eigenvalue weighted by atomic mass is 16.5. The van der Waals surface area contributed by atoms with E-state index in [9.17, 15) is 0 Å². The molecule has 1 heterocycles. The Bertz CT molecular complexity index is 410. The summed E-state index contributed by atoms with van der Waals surface area (Å²) in [4.78, 5) is 0. The number of nitrogens with zero attached hydrogens (tertiary/aromatic N) is 2.